The number of rotatable bonds is 7. The van der Waals surface area contributed by atoms with Crippen LogP contribution in [0.15, 0.2) is 24.5 Å². The molecule has 2 N–H and O–H groups in total. The highest BCUT2D eigenvalue weighted by Crippen LogP contribution is 2.32. The van der Waals surface area contributed by atoms with Crippen molar-refractivity contribution in [1.82, 2.24) is 4.98 Å². The van der Waals surface area contributed by atoms with E-state index in [1.807, 2.05) is 12.1 Å². The number of hydrogen-bond acceptors (Lipinski definition) is 5. The van der Waals surface area contributed by atoms with Gasteiger partial charge in [-0.2, -0.15) is 11.8 Å². The molecule has 2 unspecified atom stereocenters. The van der Waals surface area contributed by atoms with Gasteiger partial charge in [0.1, 0.15) is 0 Å². The number of hydrogen-bond donors (Lipinski definition) is 1. The monoisotopic (exact) mass is 268 g/mol. The summed E-state index contributed by atoms with van der Waals surface area (Å²) in [5.41, 5.74) is 7.30. The summed E-state index contributed by atoms with van der Waals surface area (Å²) >= 11 is 1.70. The Hall–Kier alpha value is -1.07. The number of nitrogens with zero attached hydrogens (tertiary/aromatic N) is 1. The highest BCUT2D eigenvalue weighted by atomic mass is 32.2. The Kier molecular flexibility index (Phi) is 6.75. The average molecular weight is 268 g/mol. The number of carbonyl (C=O) groups is 1. The molecule has 5 heteroatoms. The third-order valence-electron chi connectivity index (χ3n) is 2.73. The van der Waals surface area contributed by atoms with Crippen LogP contribution in [-0.2, 0) is 9.53 Å². The van der Waals surface area contributed by atoms with Crippen LogP contribution < -0.4 is 5.73 Å². The minimum atomic E-state index is -0.180. The molecule has 18 heavy (non-hydrogen) atoms. The molecule has 1 rings (SSSR count). The Labute approximate surface area is 112 Å². The molecular formula is C13H20N2O2S. The summed E-state index contributed by atoms with van der Waals surface area (Å²) in [6.45, 7) is 2.07. The van der Waals surface area contributed by atoms with Crippen LogP contribution in [0, 0.1) is 0 Å². The number of carbonyl (C=O) groups excluding carboxylic acids is 1. The number of esters is 1. The summed E-state index contributed by atoms with van der Waals surface area (Å²) in [5, 5.41) is 0.197. The van der Waals surface area contributed by atoms with Crippen LogP contribution in [0.1, 0.15) is 30.6 Å². The smallest absolute Gasteiger partial charge is 0.306 e. The first-order chi connectivity index (χ1) is 8.69. The standard InChI is InChI=1S/C13H20N2O2S/c1-3-11(14)13(10-4-7-15-8-5-10)18-9-6-12(16)17-2/h4-5,7-8,11,13H,3,6,9,14H2,1-2H3. The molecule has 0 radical (unpaired) electrons. The van der Waals surface area contributed by atoms with Gasteiger partial charge in [0, 0.05) is 29.4 Å². The van der Waals surface area contributed by atoms with Gasteiger partial charge in [-0.05, 0) is 24.1 Å². The largest absolute Gasteiger partial charge is 0.469 e. The Morgan fingerprint density at radius 1 is 1.50 bits per heavy atom. The van der Waals surface area contributed by atoms with Crippen LogP contribution in [0.3, 0.4) is 0 Å². The van der Waals surface area contributed by atoms with Crippen LogP contribution in [0.25, 0.3) is 0 Å². The van der Waals surface area contributed by atoms with E-state index in [2.05, 4.69) is 16.6 Å². The summed E-state index contributed by atoms with van der Waals surface area (Å²) in [6.07, 6.45) is 4.86. The molecule has 0 fully saturated rings. The van der Waals surface area contributed by atoms with Crippen LogP contribution >= 0.6 is 11.8 Å². The van der Waals surface area contributed by atoms with Crippen LogP contribution in [0.5, 0.6) is 0 Å². The van der Waals surface area contributed by atoms with Crippen LogP contribution in [0.4, 0.5) is 0 Å². The molecule has 4 nitrogen and oxygen atoms in total. The second kappa shape index (κ2) is 8.11. The van der Waals surface area contributed by atoms with E-state index in [0.717, 1.165) is 12.0 Å². The molecule has 2 atom stereocenters. The fourth-order valence-corrected chi connectivity index (χ4v) is 2.93. The predicted octanol–water partition coefficient (Wildman–Crippen LogP) is 2.16. The van der Waals surface area contributed by atoms with Crippen molar-refractivity contribution in [3.63, 3.8) is 0 Å². The second-order valence-corrected chi connectivity index (χ2v) is 5.22. The molecule has 0 amide bonds. The van der Waals surface area contributed by atoms with E-state index >= 15 is 0 Å². The molecule has 100 valence electrons. The molecule has 0 aliphatic carbocycles. The maximum atomic E-state index is 11.1. The molecule has 0 aliphatic heterocycles. The van der Waals surface area contributed by atoms with E-state index in [9.17, 15) is 4.79 Å². The van der Waals surface area contributed by atoms with Gasteiger partial charge in [0.2, 0.25) is 0 Å². The van der Waals surface area contributed by atoms with E-state index in [0.29, 0.717) is 12.2 Å². The summed E-state index contributed by atoms with van der Waals surface area (Å²) in [7, 11) is 1.41. The van der Waals surface area contributed by atoms with Crippen LogP contribution in [-0.4, -0.2) is 29.9 Å². The minimum Gasteiger partial charge on any atom is -0.469 e. The lowest BCUT2D eigenvalue weighted by molar-refractivity contribution is -0.140. The number of ether oxygens (including phenoxy) is 1. The first kappa shape index (κ1) is 15.0. The number of nitrogens with two attached hydrogens (primary N) is 1. The minimum absolute atomic E-state index is 0.0787. The topological polar surface area (TPSA) is 65.2 Å². The van der Waals surface area contributed by atoms with Gasteiger partial charge in [-0.3, -0.25) is 9.78 Å². The van der Waals surface area contributed by atoms with E-state index in [-0.39, 0.29) is 17.3 Å². The third kappa shape index (κ3) is 4.66. The molecule has 0 saturated carbocycles. The lowest BCUT2D eigenvalue weighted by atomic mass is 10.1. The quantitative estimate of drug-likeness (QED) is 0.768. The third-order valence-corrected chi connectivity index (χ3v) is 4.15. The SMILES string of the molecule is CCC(N)C(SCCC(=O)OC)c1ccncc1. The summed E-state index contributed by atoms with van der Waals surface area (Å²) in [5.74, 6) is 0.536. The van der Waals surface area contributed by atoms with Crippen molar-refractivity contribution in [3.8, 4) is 0 Å². The van der Waals surface area contributed by atoms with Crippen molar-refractivity contribution in [3.05, 3.63) is 30.1 Å². The zero-order valence-corrected chi connectivity index (χ0v) is 11.7. The van der Waals surface area contributed by atoms with Gasteiger partial charge in [0.15, 0.2) is 0 Å². The Bertz CT molecular complexity index is 359. The van der Waals surface area contributed by atoms with Gasteiger partial charge in [-0.25, -0.2) is 0 Å². The number of thioether (sulfide) groups is 1. The van der Waals surface area contributed by atoms with Crippen molar-refractivity contribution in [2.75, 3.05) is 12.9 Å². The molecular weight excluding hydrogens is 248 g/mol. The van der Waals surface area contributed by atoms with Crippen molar-refractivity contribution in [1.29, 1.82) is 0 Å². The molecule has 0 saturated heterocycles. The number of methoxy groups -OCH3 is 1. The zero-order chi connectivity index (χ0) is 13.4. The van der Waals surface area contributed by atoms with Gasteiger partial charge in [-0.15, -0.1) is 0 Å². The number of aromatic nitrogens is 1. The Morgan fingerprint density at radius 3 is 2.72 bits per heavy atom. The maximum Gasteiger partial charge on any atom is 0.306 e. The Balaban J connectivity index is 2.60. The van der Waals surface area contributed by atoms with E-state index < -0.39 is 0 Å². The molecule has 1 aromatic rings. The predicted molar refractivity (Wildman–Crippen MR) is 74.3 cm³/mol. The normalized spacial score (nSPS) is 13.9. The average Bonchev–Trinajstić information content (AvgIpc) is 2.43. The molecule has 1 aromatic heterocycles. The fourth-order valence-electron chi connectivity index (χ4n) is 1.61. The number of pyridine rings is 1. The molecule has 0 aliphatic rings. The zero-order valence-electron chi connectivity index (χ0n) is 10.8. The lowest BCUT2D eigenvalue weighted by Crippen LogP contribution is -2.26. The molecule has 0 aromatic carbocycles. The highest BCUT2D eigenvalue weighted by Gasteiger charge is 2.19. The van der Waals surface area contributed by atoms with Crippen LogP contribution in [0.2, 0.25) is 0 Å². The highest BCUT2D eigenvalue weighted by molar-refractivity contribution is 7.99. The van der Waals surface area contributed by atoms with Gasteiger partial charge in [-0.1, -0.05) is 6.92 Å². The maximum absolute atomic E-state index is 11.1. The molecule has 1 heterocycles. The fraction of sp³-hybridized carbons (Fsp3) is 0.538. The van der Waals surface area contributed by atoms with Crippen molar-refractivity contribution < 1.29 is 9.53 Å². The van der Waals surface area contributed by atoms with Crippen molar-refractivity contribution in [2.24, 2.45) is 5.73 Å². The van der Waals surface area contributed by atoms with E-state index in [4.69, 9.17) is 5.73 Å². The van der Waals surface area contributed by atoms with Gasteiger partial charge in [0.25, 0.3) is 0 Å². The van der Waals surface area contributed by atoms with Crippen molar-refractivity contribution in [2.45, 2.75) is 31.1 Å². The second-order valence-electron chi connectivity index (χ2n) is 3.97. The molecule has 0 bridgehead atoms. The first-order valence-electron chi connectivity index (χ1n) is 6.03. The van der Waals surface area contributed by atoms with Gasteiger partial charge in [0.05, 0.1) is 13.5 Å². The van der Waals surface area contributed by atoms with Crippen molar-refractivity contribution >= 4 is 17.7 Å². The van der Waals surface area contributed by atoms with E-state index in [1.54, 1.807) is 24.2 Å². The van der Waals surface area contributed by atoms with Gasteiger partial charge < -0.3 is 10.5 Å². The first-order valence-corrected chi connectivity index (χ1v) is 7.07. The van der Waals surface area contributed by atoms with E-state index in [1.165, 1.54) is 7.11 Å². The Morgan fingerprint density at radius 2 is 2.17 bits per heavy atom. The lowest BCUT2D eigenvalue weighted by Gasteiger charge is -2.22. The molecule has 0 spiro atoms. The van der Waals surface area contributed by atoms with Gasteiger partial charge >= 0.3 is 5.97 Å². The summed E-state index contributed by atoms with van der Waals surface area (Å²) in [6, 6.07) is 4.03. The summed E-state index contributed by atoms with van der Waals surface area (Å²) < 4.78 is 4.63. The summed E-state index contributed by atoms with van der Waals surface area (Å²) in [4.78, 5) is 15.1.